The van der Waals surface area contributed by atoms with Crippen LogP contribution in [-0.4, -0.2) is 23.9 Å². The fourth-order valence-corrected chi connectivity index (χ4v) is 3.19. The number of halogens is 6. The molecule has 0 unspecified atom stereocenters. The highest BCUT2D eigenvalue weighted by atomic mass is 19.4. The summed E-state index contributed by atoms with van der Waals surface area (Å²) < 4.78 is 84.5. The first-order valence-electron chi connectivity index (χ1n) is 8.39. The minimum absolute atomic E-state index is 0.0451. The summed E-state index contributed by atoms with van der Waals surface area (Å²) in [6.45, 7) is -0.387. The van der Waals surface area contributed by atoms with E-state index >= 15 is 0 Å². The molecule has 0 aliphatic carbocycles. The first-order valence-corrected chi connectivity index (χ1v) is 8.39. The molecule has 4 nitrogen and oxygen atoms in total. The Morgan fingerprint density at radius 3 is 2.13 bits per heavy atom. The van der Waals surface area contributed by atoms with E-state index in [1.165, 1.54) is 29.0 Å². The maximum absolute atomic E-state index is 13.1. The van der Waals surface area contributed by atoms with Gasteiger partial charge in [-0.3, -0.25) is 4.79 Å². The van der Waals surface area contributed by atoms with Gasteiger partial charge in [0, 0.05) is 29.2 Å². The van der Waals surface area contributed by atoms with Gasteiger partial charge in [0.25, 0.3) is 0 Å². The highest BCUT2D eigenvalue weighted by Gasteiger charge is 2.37. The molecule has 0 bridgehead atoms. The summed E-state index contributed by atoms with van der Waals surface area (Å²) in [4.78, 5) is 23.4. The van der Waals surface area contributed by atoms with E-state index in [1.807, 2.05) is 0 Å². The molecule has 0 atom stereocenters. The van der Waals surface area contributed by atoms with E-state index in [2.05, 4.69) is 4.74 Å². The highest BCUT2D eigenvalue weighted by Crippen LogP contribution is 2.37. The fourth-order valence-electron chi connectivity index (χ4n) is 3.19. The zero-order valence-electron chi connectivity index (χ0n) is 15.3. The minimum Gasteiger partial charge on any atom is -0.465 e. The van der Waals surface area contributed by atoms with Crippen molar-refractivity contribution in [2.75, 3.05) is 7.11 Å². The van der Waals surface area contributed by atoms with E-state index in [4.69, 9.17) is 0 Å². The molecule has 0 fully saturated rings. The highest BCUT2D eigenvalue weighted by molar-refractivity contribution is 6.10. The van der Waals surface area contributed by atoms with Gasteiger partial charge >= 0.3 is 18.3 Å². The van der Waals surface area contributed by atoms with Crippen LogP contribution in [-0.2, 0) is 23.6 Å². The molecule has 1 aromatic heterocycles. The van der Waals surface area contributed by atoms with Crippen LogP contribution >= 0.6 is 0 Å². The maximum Gasteiger partial charge on any atom is 0.416 e. The number of hydrogen-bond donors (Lipinski definition) is 0. The minimum atomic E-state index is -4.97. The van der Waals surface area contributed by atoms with Gasteiger partial charge in [0.1, 0.15) is 0 Å². The maximum atomic E-state index is 13.1. The molecule has 0 aliphatic heterocycles. The number of benzene rings is 2. The molecular formula is C20H13F6NO3. The van der Waals surface area contributed by atoms with E-state index < -0.39 is 29.4 Å². The molecule has 0 saturated carbocycles. The van der Waals surface area contributed by atoms with Crippen molar-refractivity contribution in [2.45, 2.75) is 18.9 Å². The lowest BCUT2D eigenvalue weighted by Gasteiger charge is -2.15. The lowest BCUT2D eigenvalue weighted by Crippen LogP contribution is -2.12. The SMILES string of the molecule is COC(=O)c1cccc2c1c(C=O)cn2Cc1cc(C(F)(F)F)cc(C(F)(F)F)c1. The van der Waals surface area contributed by atoms with Crippen molar-refractivity contribution in [3.05, 3.63) is 70.4 Å². The third kappa shape index (κ3) is 4.03. The molecule has 2 aromatic carbocycles. The largest absolute Gasteiger partial charge is 0.465 e. The van der Waals surface area contributed by atoms with E-state index in [0.717, 1.165) is 7.11 Å². The summed E-state index contributed by atoms with van der Waals surface area (Å²) in [6, 6.07) is 5.64. The number of aldehydes is 1. The molecule has 30 heavy (non-hydrogen) atoms. The number of methoxy groups -OCH3 is 1. The molecule has 0 saturated heterocycles. The Labute approximate surface area is 165 Å². The number of esters is 1. The predicted molar refractivity (Wildman–Crippen MR) is 94.2 cm³/mol. The van der Waals surface area contributed by atoms with Crippen LogP contribution in [0.5, 0.6) is 0 Å². The van der Waals surface area contributed by atoms with Crippen LogP contribution in [0, 0.1) is 0 Å². The quantitative estimate of drug-likeness (QED) is 0.320. The fraction of sp³-hybridized carbons (Fsp3) is 0.200. The monoisotopic (exact) mass is 429 g/mol. The van der Waals surface area contributed by atoms with Crippen LogP contribution in [0.2, 0.25) is 0 Å². The summed E-state index contributed by atoms with van der Waals surface area (Å²) in [6.07, 6.45) is -8.24. The summed E-state index contributed by atoms with van der Waals surface area (Å²) in [5.74, 6) is -0.736. The first-order chi connectivity index (χ1) is 14.0. The summed E-state index contributed by atoms with van der Waals surface area (Å²) in [5, 5.41) is 0.197. The number of fused-ring (bicyclic) bond motifs is 1. The number of rotatable bonds is 4. The van der Waals surface area contributed by atoms with Crippen molar-refractivity contribution < 1.29 is 40.7 Å². The third-order valence-corrected chi connectivity index (χ3v) is 4.47. The predicted octanol–water partition coefficient (Wildman–Crippen LogP) is 5.33. The first kappa shape index (κ1) is 21.4. The van der Waals surface area contributed by atoms with Crippen molar-refractivity contribution in [2.24, 2.45) is 0 Å². The van der Waals surface area contributed by atoms with E-state index in [9.17, 15) is 35.9 Å². The van der Waals surface area contributed by atoms with Crippen LogP contribution in [0.15, 0.2) is 42.6 Å². The topological polar surface area (TPSA) is 48.3 Å². The van der Waals surface area contributed by atoms with Crippen molar-refractivity contribution >= 4 is 23.2 Å². The third-order valence-electron chi connectivity index (χ3n) is 4.47. The Kier molecular flexibility index (Phi) is 5.36. The number of ether oxygens (including phenoxy) is 1. The van der Waals surface area contributed by atoms with Gasteiger partial charge in [-0.1, -0.05) is 6.07 Å². The second kappa shape index (κ2) is 7.51. The van der Waals surface area contributed by atoms with Crippen LogP contribution in [0.1, 0.15) is 37.4 Å². The van der Waals surface area contributed by atoms with E-state index in [-0.39, 0.29) is 40.2 Å². The smallest absolute Gasteiger partial charge is 0.416 e. The van der Waals surface area contributed by atoms with Crippen molar-refractivity contribution in [1.82, 2.24) is 4.57 Å². The molecule has 1 heterocycles. The molecule has 0 aliphatic rings. The van der Waals surface area contributed by atoms with Gasteiger partial charge in [0.15, 0.2) is 6.29 Å². The van der Waals surface area contributed by atoms with Crippen LogP contribution in [0.25, 0.3) is 10.9 Å². The van der Waals surface area contributed by atoms with Crippen LogP contribution in [0.3, 0.4) is 0 Å². The van der Waals surface area contributed by atoms with Gasteiger partial charge in [0.05, 0.1) is 23.8 Å². The van der Waals surface area contributed by atoms with Crippen LogP contribution < -0.4 is 0 Å². The van der Waals surface area contributed by atoms with Crippen molar-refractivity contribution in [3.63, 3.8) is 0 Å². The molecule has 0 spiro atoms. The summed E-state index contributed by atoms with van der Waals surface area (Å²) in [5.41, 5.74) is -2.75. The lowest BCUT2D eigenvalue weighted by molar-refractivity contribution is -0.143. The molecule has 0 N–H and O–H groups in total. The van der Waals surface area contributed by atoms with Gasteiger partial charge < -0.3 is 9.30 Å². The van der Waals surface area contributed by atoms with Gasteiger partial charge in [-0.15, -0.1) is 0 Å². The number of aromatic nitrogens is 1. The van der Waals surface area contributed by atoms with E-state index in [1.54, 1.807) is 0 Å². The van der Waals surface area contributed by atoms with Gasteiger partial charge in [-0.2, -0.15) is 26.3 Å². The standard InChI is InChI=1S/C20H13F6NO3/c1-30-18(29)15-3-2-4-16-17(15)12(10-28)9-27(16)8-11-5-13(19(21,22)23)7-14(6-11)20(24,25)26/h2-7,9-10H,8H2,1H3. The molecule has 158 valence electrons. The Bertz CT molecular complexity index is 1100. The van der Waals surface area contributed by atoms with Gasteiger partial charge in [-0.25, -0.2) is 4.79 Å². The Hall–Kier alpha value is -3.30. The number of alkyl halides is 6. The Balaban J connectivity index is 2.17. The summed E-state index contributed by atoms with van der Waals surface area (Å²) in [7, 11) is 1.14. The lowest BCUT2D eigenvalue weighted by atomic mass is 10.0. The van der Waals surface area contributed by atoms with Crippen LogP contribution in [0.4, 0.5) is 26.3 Å². The van der Waals surface area contributed by atoms with Crippen molar-refractivity contribution in [3.8, 4) is 0 Å². The average molecular weight is 429 g/mol. The zero-order valence-corrected chi connectivity index (χ0v) is 15.3. The average Bonchev–Trinajstić information content (AvgIpc) is 3.03. The molecule has 3 rings (SSSR count). The second-order valence-electron chi connectivity index (χ2n) is 6.44. The number of hydrogen-bond acceptors (Lipinski definition) is 3. The van der Waals surface area contributed by atoms with Crippen molar-refractivity contribution in [1.29, 1.82) is 0 Å². The number of carbonyl (C=O) groups is 2. The number of carbonyl (C=O) groups excluding carboxylic acids is 2. The Morgan fingerprint density at radius 1 is 1.03 bits per heavy atom. The van der Waals surface area contributed by atoms with Gasteiger partial charge in [-0.05, 0) is 35.9 Å². The molecule has 10 heteroatoms. The Morgan fingerprint density at radius 2 is 1.63 bits per heavy atom. The molecule has 0 amide bonds. The summed E-state index contributed by atoms with van der Waals surface area (Å²) >= 11 is 0. The molecule has 0 radical (unpaired) electrons. The van der Waals surface area contributed by atoms with Gasteiger partial charge in [0.2, 0.25) is 0 Å². The number of nitrogens with zero attached hydrogens (tertiary/aromatic N) is 1. The normalized spacial score (nSPS) is 12.2. The molecular weight excluding hydrogens is 416 g/mol. The van der Waals surface area contributed by atoms with E-state index in [0.29, 0.717) is 18.4 Å². The zero-order chi connectivity index (χ0) is 22.3. The molecule has 3 aromatic rings. The second-order valence-corrected chi connectivity index (χ2v) is 6.44.